The third-order valence-electron chi connectivity index (χ3n) is 4.85. The predicted octanol–water partition coefficient (Wildman–Crippen LogP) is 4.66. The Hall–Kier alpha value is -4.77. The first kappa shape index (κ1) is 24.9. The van der Waals surface area contributed by atoms with Crippen molar-refractivity contribution in [3.05, 3.63) is 83.4 Å². The second-order valence-electron chi connectivity index (χ2n) is 7.46. The molecule has 35 heavy (non-hydrogen) atoms. The standard InChI is InChI=1S/C27H25N3O5/c1-3-34-25-15-19(14-20(16-28)27(33)29-21-9-11-22(31)12-10-21)8-13-24(25)35-17-26(32)30-23-7-5-4-6-18(23)2/h4-15,31H,3,17H2,1-2H3,(H,29,33)(H,30,32)/b20-14+. The van der Waals surface area contributed by atoms with E-state index in [1.807, 2.05) is 44.2 Å². The van der Waals surface area contributed by atoms with E-state index in [1.165, 1.54) is 30.3 Å². The average Bonchev–Trinajstić information content (AvgIpc) is 2.85. The van der Waals surface area contributed by atoms with Gasteiger partial charge < -0.3 is 25.2 Å². The summed E-state index contributed by atoms with van der Waals surface area (Å²) in [6.45, 7) is 3.84. The molecule has 3 N–H and O–H groups in total. The van der Waals surface area contributed by atoms with Gasteiger partial charge in [0.1, 0.15) is 17.4 Å². The van der Waals surface area contributed by atoms with E-state index in [4.69, 9.17) is 9.47 Å². The van der Waals surface area contributed by atoms with Crippen molar-refractivity contribution in [1.29, 1.82) is 5.26 Å². The summed E-state index contributed by atoms with van der Waals surface area (Å²) >= 11 is 0. The molecule has 0 aliphatic rings. The van der Waals surface area contributed by atoms with Gasteiger partial charge in [0, 0.05) is 11.4 Å². The third-order valence-corrected chi connectivity index (χ3v) is 4.85. The van der Waals surface area contributed by atoms with Crippen LogP contribution in [0.4, 0.5) is 11.4 Å². The van der Waals surface area contributed by atoms with E-state index in [0.717, 1.165) is 5.56 Å². The highest BCUT2D eigenvalue weighted by Crippen LogP contribution is 2.29. The van der Waals surface area contributed by atoms with Gasteiger partial charge in [0.25, 0.3) is 11.8 Å². The highest BCUT2D eigenvalue weighted by Gasteiger charge is 2.13. The Kier molecular flexibility index (Phi) is 8.46. The number of hydrogen-bond acceptors (Lipinski definition) is 6. The van der Waals surface area contributed by atoms with E-state index in [1.54, 1.807) is 18.2 Å². The first-order chi connectivity index (χ1) is 16.9. The quantitative estimate of drug-likeness (QED) is 0.237. The number of rotatable bonds is 9. The summed E-state index contributed by atoms with van der Waals surface area (Å²) in [5.74, 6) is -0.109. The van der Waals surface area contributed by atoms with Gasteiger partial charge in [-0.05, 0) is 73.5 Å². The molecule has 0 aliphatic heterocycles. The fourth-order valence-electron chi connectivity index (χ4n) is 3.10. The molecule has 0 bridgehead atoms. The van der Waals surface area contributed by atoms with Crippen molar-refractivity contribution < 1.29 is 24.2 Å². The molecule has 0 saturated heterocycles. The molecule has 0 aromatic heterocycles. The van der Waals surface area contributed by atoms with Crippen molar-refractivity contribution in [2.75, 3.05) is 23.8 Å². The van der Waals surface area contributed by atoms with Crippen LogP contribution in [0.3, 0.4) is 0 Å². The van der Waals surface area contributed by atoms with E-state index in [-0.39, 0.29) is 23.8 Å². The Morgan fingerprint density at radius 1 is 1.00 bits per heavy atom. The summed E-state index contributed by atoms with van der Waals surface area (Å²) < 4.78 is 11.3. The van der Waals surface area contributed by atoms with Crippen molar-refractivity contribution in [1.82, 2.24) is 0 Å². The van der Waals surface area contributed by atoms with Gasteiger partial charge >= 0.3 is 0 Å². The Morgan fingerprint density at radius 2 is 1.74 bits per heavy atom. The molecule has 0 spiro atoms. The minimum atomic E-state index is -0.593. The lowest BCUT2D eigenvalue weighted by molar-refractivity contribution is -0.118. The lowest BCUT2D eigenvalue weighted by Crippen LogP contribution is -2.20. The first-order valence-corrected chi connectivity index (χ1v) is 10.9. The molecule has 8 nitrogen and oxygen atoms in total. The zero-order valence-electron chi connectivity index (χ0n) is 19.4. The van der Waals surface area contributed by atoms with Crippen molar-refractivity contribution in [3.63, 3.8) is 0 Å². The van der Waals surface area contributed by atoms with Crippen molar-refractivity contribution in [3.8, 4) is 23.3 Å². The molecular weight excluding hydrogens is 446 g/mol. The zero-order chi connectivity index (χ0) is 25.2. The van der Waals surface area contributed by atoms with Crippen molar-refractivity contribution >= 4 is 29.3 Å². The highest BCUT2D eigenvalue weighted by molar-refractivity contribution is 6.09. The smallest absolute Gasteiger partial charge is 0.266 e. The van der Waals surface area contributed by atoms with Crippen LogP contribution in [0.5, 0.6) is 17.2 Å². The molecule has 0 aliphatic carbocycles. The van der Waals surface area contributed by atoms with Gasteiger partial charge in [-0.3, -0.25) is 9.59 Å². The largest absolute Gasteiger partial charge is 0.508 e. The van der Waals surface area contributed by atoms with Crippen LogP contribution in [-0.2, 0) is 9.59 Å². The molecule has 2 amide bonds. The number of carbonyl (C=O) groups excluding carboxylic acids is 2. The Bertz CT molecular complexity index is 1280. The second kappa shape index (κ2) is 11.9. The van der Waals surface area contributed by atoms with Gasteiger partial charge in [0.05, 0.1) is 6.61 Å². The normalized spacial score (nSPS) is 10.7. The Labute approximate surface area is 203 Å². The molecule has 0 heterocycles. The number of phenols is 1. The molecule has 0 fully saturated rings. The molecule has 0 unspecified atom stereocenters. The van der Waals surface area contributed by atoms with Gasteiger partial charge in [-0.2, -0.15) is 5.26 Å². The number of hydrogen-bond donors (Lipinski definition) is 3. The molecular formula is C27H25N3O5. The van der Waals surface area contributed by atoms with Crippen LogP contribution in [-0.4, -0.2) is 30.1 Å². The number of nitriles is 1. The molecule has 0 atom stereocenters. The van der Waals surface area contributed by atoms with Gasteiger partial charge in [-0.1, -0.05) is 24.3 Å². The Morgan fingerprint density at radius 3 is 2.43 bits per heavy atom. The SMILES string of the molecule is CCOc1cc(/C=C(\C#N)C(=O)Nc2ccc(O)cc2)ccc1OCC(=O)Nc1ccccc1C. The maximum Gasteiger partial charge on any atom is 0.266 e. The number of phenolic OH excluding ortho intramolecular Hbond substituents is 1. The number of carbonyl (C=O) groups is 2. The van der Waals surface area contributed by atoms with E-state index in [0.29, 0.717) is 35.0 Å². The van der Waals surface area contributed by atoms with Crippen LogP contribution in [0.2, 0.25) is 0 Å². The summed E-state index contributed by atoms with van der Waals surface area (Å²) in [7, 11) is 0. The number of aryl methyl sites for hydroxylation is 1. The van der Waals surface area contributed by atoms with E-state index >= 15 is 0 Å². The summed E-state index contributed by atoms with van der Waals surface area (Å²) in [6.07, 6.45) is 1.42. The Balaban J connectivity index is 1.71. The molecule has 0 saturated carbocycles. The van der Waals surface area contributed by atoms with Crippen molar-refractivity contribution in [2.24, 2.45) is 0 Å². The summed E-state index contributed by atoms with van der Waals surface area (Å²) in [5.41, 5.74) is 2.52. The van der Waals surface area contributed by atoms with Gasteiger partial charge in [0.15, 0.2) is 18.1 Å². The number of nitrogens with one attached hydrogen (secondary N) is 2. The number of ether oxygens (including phenoxy) is 2. The fourth-order valence-corrected chi connectivity index (χ4v) is 3.10. The average molecular weight is 472 g/mol. The topological polar surface area (TPSA) is 121 Å². The third kappa shape index (κ3) is 7.11. The number of amides is 2. The molecule has 3 aromatic rings. The maximum atomic E-state index is 12.5. The number of para-hydroxylation sites is 1. The number of aromatic hydroxyl groups is 1. The second-order valence-corrected chi connectivity index (χ2v) is 7.46. The van der Waals surface area contributed by atoms with Crippen LogP contribution < -0.4 is 20.1 Å². The van der Waals surface area contributed by atoms with E-state index in [2.05, 4.69) is 10.6 Å². The number of anilines is 2. The van der Waals surface area contributed by atoms with Gasteiger partial charge in [-0.25, -0.2) is 0 Å². The predicted molar refractivity (Wildman–Crippen MR) is 133 cm³/mol. The number of nitrogens with zero attached hydrogens (tertiary/aromatic N) is 1. The summed E-state index contributed by atoms with van der Waals surface area (Å²) in [4.78, 5) is 24.8. The van der Waals surface area contributed by atoms with E-state index < -0.39 is 5.91 Å². The van der Waals surface area contributed by atoms with Crippen molar-refractivity contribution in [2.45, 2.75) is 13.8 Å². The minimum absolute atomic E-state index is 0.0671. The molecule has 3 aromatic carbocycles. The molecule has 0 radical (unpaired) electrons. The summed E-state index contributed by atoms with van der Waals surface area (Å²) in [5, 5.41) is 24.2. The van der Waals surface area contributed by atoms with Crippen LogP contribution in [0.1, 0.15) is 18.1 Å². The molecule has 8 heteroatoms. The minimum Gasteiger partial charge on any atom is -0.508 e. The fraction of sp³-hybridized carbons (Fsp3) is 0.148. The first-order valence-electron chi connectivity index (χ1n) is 10.9. The highest BCUT2D eigenvalue weighted by atomic mass is 16.5. The monoisotopic (exact) mass is 471 g/mol. The van der Waals surface area contributed by atoms with Gasteiger partial charge in [0.2, 0.25) is 0 Å². The molecule has 3 rings (SSSR count). The zero-order valence-corrected chi connectivity index (χ0v) is 19.4. The lowest BCUT2D eigenvalue weighted by atomic mass is 10.1. The van der Waals surface area contributed by atoms with Crippen LogP contribution >= 0.6 is 0 Å². The maximum absolute atomic E-state index is 12.5. The number of benzene rings is 3. The molecule has 178 valence electrons. The van der Waals surface area contributed by atoms with Crippen LogP contribution in [0.25, 0.3) is 6.08 Å². The van der Waals surface area contributed by atoms with Crippen LogP contribution in [0, 0.1) is 18.3 Å². The van der Waals surface area contributed by atoms with Gasteiger partial charge in [-0.15, -0.1) is 0 Å². The van der Waals surface area contributed by atoms with E-state index in [9.17, 15) is 20.0 Å². The summed E-state index contributed by atoms with van der Waals surface area (Å²) in [6, 6.07) is 20.1. The van der Waals surface area contributed by atoms with Crippen LogP contribution in [0.15, 0.2) is 72.3 Å². The lowest BCUT2D eigenvalue weighted by Gasteiger charge is -2.13.